The first-order valence-corrected chi connectivity index (χ1v) is 12.0. The van der Waals surface area contributed by atoms with Crippen LogP contribution in [0.5, 0.6) is 11.5 Å². The first-order valence-electron chi connectivity index (χ1n) is 10.5. The topological polar surface area (TPSA) is 84.9 Å². The number of carbonyl (C=O) groups is 1. The zero-order valence-corrected chi connectivity index (χ0v) is 19.7. The van der Waals surface area contributed by atoms with Gasteiger partial charge in [-0.25, -0.2) is 8.42 Å². The molecule has 0 saturated heterocycles. The summed E-state index contributed by atoms with van der Waals surface area (Å²) in [6, 6.07) is 21.8. The largest absolute Gasteiger partial charge is 0.497 e. The summed E-state index contributed by atoms with van der Waals surface area (Å²) in [5, 5.41) is 2.96. The molecule has 1 atom stereocenters. The number of nitrogens with one attached hydrogen (secondary N) is 1. The van der Waals surface area contributed by atoms with E-state index in [2.05, 4.69) is 5.32 Å². The summed E-state index contributed by atoms with van der Waals surface area (Å²) in [5.74, 6) is 0.901. The molecule has 3 aromatic rings. The van der Waals surface area contributed by atoms with Crippen LogP contribution in [-0.2, 0) is 14.8 Å². The number of sulfonamides is 1. The van der Waals surface area contributed by atoms with Gasteiger partial charge in [0.05, 0.1) is 30.8 Å². The van der Waals surface area contributed by atoms with E-state index in [-0.39, 0.29) is 17.5 Å². The number of nitrogens with zero attached hydrogens (tertiary/aromatic N) is 1. The molecular formula is C25H28N2O5S. The van der Waals surface area contributed by atoms with Gasteiger partial charge in [-0.15, -0.1) is 0 Å². The molecule has 0 aromatic heterocycles. The Labute approximate surface area is 195 Å². The Kier molecular flexibility index (Phi) is 7.95. The summed E-state index contributed by atoms with van der Waals surface area (Å²) in [4.78, 5) is 13.1. The molecule has 0 bridgehead atoms. The van der Waals surface area contributed by atoms with E-state index in [0.717, 1.165) is 15.6 Å². The van der Waals surface area contributed by atoms with Crippen molar-refractivity contribution in [2.24, 2.45) is 0 Å². The highest BCUT2D eigenvalue weighted by Gasteiger charge is 2.28. The Hall–Kier alpha value is -3.52. The second-order valence-corrected chi connectivity index (χ2v) is 9.19. The molecule has 0 aliphatic carbocycles. The standard InChI is InChI=1S/C25H28N2O5S/c1-4-24(19-10-14-21(31-2)15-11-19)26-25(28)18-27(20-12-16-22(32-3)17-13-20)33(29,30)23-8-6-5-7-9-23/h5-17,24H,4,18H2,1-3H3,(H,26,28)/t24-/m0/s1. The Balaban J connectivity index is 1.87. The highest BCUT2D eigenvalue weighted by Crippen LogP contribution is 2.26. The average Bonchev–Trinajstić information content (AvgIpc) is 2.86. The van der Waals surface area contributed by atoms with E-state index in [9.17, 15) is 13.2 Å². The first-order chi connectivity index (χ1) is 15.9. The van der Waals surface area contributed by atoms with Crippen LogP contribution in [0.4, 0.5) is 5.69 Å². The molecule has 0 radical (unpaired) electrons. The zero-order valence-electron chi connectivity index (χ0n) is 18.9. The molecule has 3 aromatic carbocycles. The quantitative estimate of drug-likeness (QED) is 0.483. The highest BCUT2D eigenvalue weighted by molar-refractivity contribution is 7.92. The van der Waals surface area contributed by atoms with Crippen LogP contribution in [0.1, 0.15) is 24.9 Å². The normalized spacial score (nSPS) is 12.0. The molecular weight excluding hydrogens is 440 g/mol. The fraction of sp³-hybridized carbons (Fsp3) is 0.240. The summed E-state index contributed by atoms with van der Waals surface area (Å²) >= 11 is 0. The number of anilines is 1. The fourth-order valence-electron chi connectivity index (χ4n) is 3.41. The lowest BCUT2D eigenvalue weighted by Gasteiger charge is -2.26. The zero-order chi connectivity index (χ0) is 23.8. The molecule has 0 aliphatic heterocycles. The number of amides is 1. The third-order valence-electron chi connectivity index (χ3n) is 5.24. The maximum absolute atomic E-state index is 13.4. The van der Waals surface area contributed by atoms with Crippen molar-refractivity contribution in [1.82, 2.24) is 5.32 Å². The maximum atomic E-state index is 13.4. The molecule has 1 N–H and O–H groups in total. The van der Waals surface area contributed by atoms with E-state index in [1.807, 2.05) is 31.2 Å². The number of benzene rings is 3. The van der Waals surface area contributed by atoms with Gasteiger partial charge in [-0.2, -0.15) is 0 Å². The summed E-state index contributed by atoms with van der Waals surface area (Å²) in [5.41, 5.74) is 1.28. The third kappa shape index (κ3) is 5.84. The molecule has 0 aliphatic rings. The van der Waals surface area contributed by atoms with Crippen LogP contribution < -0.4 is 19.1 Å². The minimum absolute atomic E-state index is 0.107. The number of hydrogen-bond donors (Lipinski definition) is 1. The van der Waals surface area contributed by atoms with Crippen molar-refractivity contribution in [3.63, 3.8) is 0 Å². The van der Waals surface area contributed by atoms with Crippen molar-refractivity contribution in [2.45, 2.75) is 24.3 Å². The Morgan fingerprint density at radius 1 is 0.879 bits per heavy atom. The van der Waals surface area contributed by atoms with Crippen LogP contribution in [-0.4, -0.2) is 35.1 Å². The van der Waals surface area contributed by atoms with Gasteiger partial charge in [0.2, 0.25) is 5.91 Å². The van der Waals surface area contributed by atoms with Crippen molar-refractivity contribution in [3.05, 3.63) is 84.4 Å². The van der Waals surface area contributed by atoms with E-state index in [1.165, 1.54) is 19.2 Å². The SMILES string of the molecule is CC[C@H](NC(=O)CN(c1ccc(OC)cc1)S(=O)(=O)c1ccccc1)c1ccc(OC)cc1. The molecule has 174 valence electrons. The van der Waals surface area contributed by atoms with Crippen molar-refractivity contribution in [1.29, 1.82) is 0 Å². The first kappa shape index (κ1) is 24.1. The number of carbonyl (C=O) groups excluding carboxylic acids is 1. The minimum Gasteiger partial charge on any atom is -0.497 e. The lowest BCUT2D eigenvalue weighted by atomic mass is 10.0. The van der Waals surface area contributed by atoms with Gasteiger partial charge < -0.3 is 14.8 Å². The number of methoxy groups -OCH3 is 2. The average molecular weight is 469 g/mol. The van der Waals surface area contributed by atoms with Crippen LogP contribution in [0, 0.1) is 0 Å². The van der Waals surface area contributed by atoms with Crippen LogP contribution >= 0.6 is 0 Å². The molecule has 0 spiro atoms. The molecule has 7 nitrogen and oxygen atoms in total. The van der Waals surface area contributed by atoms with Crippen LogP contribution in [0.15, 0.2) is 83.8 Å². The summed E-state index contributed by atoms with van der Waals surface area (Å²) in [6.45, 7) is 1.59. The predicted octanol–water partition coefficient (Wildman–Crippen LogP) is 4.17. The van der Waals surface area contributed by atoms with Gasteiger partial charge in [-0.05, 0) is 60.5 Å². The number of rotatable bonds is 10. The summed E-state index contributed by atoms with van der Waals surface area (Å²) in [7, 11) is -0.845. The van der Waals surface area contributed by atoms with E-state index >= 15 is 0 Å². The van der Waals surface area contributed by atoms with Gasteiger partial charge in [0.1, 0.15) is 18.0 Å². The van der Waals surface area contributed by atoms with E-state index in [4.69, 9.17) is 9.47 Å². The van der Waals surface area contributed by atoms with Crippen molar-refractivity contribution in [3.8, 4) is 11.5 Å². The Morgan fingerprint density at radius 2 is 1.42 bits per heavy atom. The second-order valence-electron chi connectivity index (χ2n) is 7.32. The van der Waals surface area contributed by atoms with Crippen molar-refractivity contribution < 1.29 is 22.7 Å². The van der Waals surface area contributed by atoms with Gasteiger partial charge in [0.15, 0.2) is 0 Å². The van der Waals surface area contributed by atoms with Gasteiger partial charge in [0.25, 0.3) is 10.0 Å². The van der Waals surface area contributed by atoms with E-state index in [0.29, 0.717) is 17.9 Å². The van der Waals surface area contributed by atoms with Crippen LogP contribution in [0.2, 0.25) is 0 Å². The van der Waals surface area contributed by atoms with E-state index < -0.39 is 15.9 Å². The number of ether oxygens (including phenoxy) is 2. The molecule has 0 unspecified atom stereocenters. The third-order valence-corrected chi connectivity index (χ3v) is 7.03. The van der Waals surface area contributed by atoms with Crippen molar-refractivity contribution in [2.75, 3.05) is 25.1 Å². The van der Waals surface area contributed by atoms with Crippen LogP contribution in [0.3, 0.4) is 0 Å². The fourth-order valence-corrected chi connectivity index (χ4v) is 4.85. The van der Waals surface area contributed by atoms with Gasteiger partial charge in [0, 0.05) is 0 Å². The second kappa shape index (κ2) is 10.9. The molecule has 0 fully saturated rings. The summed E-state index contributed by atoms with van der Waals surface area (Å²) in [6.07, 6.45) is 0.645. The lowest BCUT2D eigenvalue weighted by molar-refractivity contribution is -0.120. The monoisotopic (exact) mass is 468 g/mol. The molecule has 8 heteroatoms. The van der Waals surface area contributed by atoms with Gasteiger partial charge in [-0.1, -0.05) is 37.3 Å². The van der Waals surface area contributed by atoms with Gasteiger partial charge in [-0.3, -0.25) is 9.10 Å². The predicted molar refractivity (Wildman–Crippen MR) is 128 cm³/mol. The summed E-state index contributed by atoms with van der Waals surface area (Å²) < 4.78 is 38.3. The van der Waals surface area contributed by atoms with E-state index in [1.54, 1.807) is 49.6 Å². The Bertz CT molecular complexity index is 1150. The minimum atomic E-state index is -3.97. The molecule has 0 saturated carbocycles. The highest BCUT2D eigenvalue weighted by atomic mass is 32.2. The maximum Gasteiger partial charge on any atom is 0.264 e. The lowest BCUT2D eigenvalue weighted by Crippen LogP contribution is -2.42. The van der Waals surface area contributed by atoms with Crippen molar-refractivity contribution >= 4 is 21.6 Å². The number of hydrogen-bond acceptors (Lipinski definition) is 5. The van der Waals surface area contributed by atoms with Gasteiger partial charge >= 0.3 is 0 Å². The molecule has 0 heterocycles. The van der Waals surface area contributed by atoms with Crippen LogP contribution in [0.25, 0.3) is 0 Å². The molecule has 3 rings (SSSR count). The molecule has 33 heavy (non-hydrogen) atoms. The Morgan fingerprint density at radius 3 is 1.94 bits per heavy atom. The molecule has 1 amide bonds. The smallest absolute Gasteiger partial charge is 0.264 e.